The Bertz CT molecular complexity index is 552. The Morgan fingerprint density at radius 3 is 2.72 bits per heavy atom. The number of pyridine rings is 1. The molecule has 0 bridgehead atoms. The van der Waals surface area contributed by atoms with Crippen LogP contribution in [-0.4, -0.2) is 4.98 Å². The lowest BCUT2D eigenvalue weighted by atomic mass is 10.1. The summed E-state index contributed by atoms with van der Waals surface area (Å²) < 4.78 is 13.1. The summed E-state index contributed by atoms with van der Waals surface area (Å²) in [5, 5.41) is 3.39. The van der Waals surface area contributed by atoms with Crippen LogP contribution in [0.15, 0.2) is 36.7 Å². The molecule has 0 aliphatic carbocycles. The quantitative estimate of drug-likeness (QED) is 0.882. The first-order valence-corrected chi connectivity index (χ1v) is 6.01. The number of nitrogens with one attached hydrogen (secondary N) is 1. The van der Waals surface area contributed by atoms with Crippen LogP contribution in [0.3, 0.4) is 0 Å². The number of hydrogen-bond donors (Lipinski definition) is 1. The minimum atomic E-state index is -0.304. The minimum absolute atomic E-state index is 0.0219. The van der Waals surface area contributed by atoms with Crippen LogP contribution in [0.25, 0.3) is 0 Å². The monoisotopic (exact) mass is 244 g/mol. The average molecular weight is 244 g/mol. The summed E-state index contributed by atoms with van der Waals surface area (Å²) in [5.74, 6) is -0.304. The van der Waals surface area contributed by atoms with Gasteiger partial charge in [-0.3, -0.25) is 4.98 Å². The van der Waals surface area contributed by atoms with E-state index in [-0.39, 0.29) is 11.9 Å². The lowest BCUT2D eigenvalue weighted by Crippen LogP contribution is -2.08. The molecule has 0 fully saturated rings. The molecule has 1 heterocycles. The number of aryl methyl sites for hydroxylation is 1. The lowest BCUT2D eigenvalue weighted by molar-refractivity contribution is 0.616. The number of hydrogen-bond acceptors (Lipinski definition) is 2. The molecule has 2 nitrogen and oxygen atoms in total. The molecular weight excluding hydrogens is 227 g/mol. The first kappa shape index (κ1) is 12.6. The second-order valence-electron chi connectivity index (χ2n) is 4.55. The van der Waals surface area contributed by atoms with E-state index in [0.29, 0.717) is 0 Å². The van der Waals surface area contributed by atoms with Gasteiger partial charge in [0, 0.05) is 11.9 Å². The molecule has 1 unspecified atom stereocenters. The van der Waals surface area contributed by atoms with E-state index in [1.54, 1.807) is 6.20 Å². The van der Waals surface area contributed by atoms with Crippen molar-refractivity contribution in [1.29, 1.82) is 0 Å². The highest BCUT2D eigenvalue weighted by Crippen LogP contribution is 2.23. The van der Waals surface area contributed by atoms with Crippen molar-refractivity contribution < 1.29 is 4.39 Å². The molecule has 2 aromatic rings. The van der Waals surface area contributed by atoms with Gasteiger partial charge in [-0.2, -0.15) is 0 Å². The molecular formula is C15H17FN2. The summed E-state index contributed by atoms with van der Waals surface area (Å²) in [5.41, 5.74) is 4.38. The summed E-state index contributed by atoms with van der Waals surface area (Å²) in [6, 6.07) is 7.66. The van der Waals surface area contributed by atoms with Crippen LogP contribution >= 0.6 is 0 Å². The first-order chi connectivity index (χ1) is 8.58. The van der Waals surface area contributed by atoms with Crippen LogP contribution in [0, 0.1) is 19.7 Å². The van der Waals surface area contributed by atoms with E-state index >= 15 is 0 Å². The maximum atomic E-state index is 13.1. The zero-order valence-corrected chi connectivity index (χ0v) is 10.9. The number of halogens is 1. The summed E-state index contributed by atoms with van der Waals surface area (Å²) in [4.78, 5) is 3.87. The van der Waals surface area contributed by atoms with Crippen LogP contribution in [-0.2, 0) is 0 Å². The van der Waals surface area contributed by atoms with E-state index in [1.807, 2.05) is 19.1 Å². The van der Waals surface area contributed by atoms with Crippen molar-refractivity contribution in [3.05, 3.63) is 59.2 Å². The minimum Gasteiger partial charge on any atom is -0.378 e. The van der Waals surface area contributed by atoms with Gasteiger partial charge in [0.15, 0.2) is 0 Å². The third kappa shape index (κ3) is 2.67. The van der Waals surface area contributed by atoms with Gasteiger partial charge in [0.05, 0.1) is 12.2 Å². The Morgan fingerprint density at radius 1 is 1.22 bits per heavy atom. The second kappa shape index (κ2) is 5.17. The summed E-state index contributed by atoms with van der Waals surface area (Å²) >= 11 is 0. The number of benzene rings is 1. The van der Waals surface area contributed by atoms with Crippen molar-refractivity contribution in [3.63, 3.8) is 0 Å². The predicted molar refractivity (Wildman–Crippen MR) is 72.1 cm³/mol. The number of aromatic nitrogens is 1. The van der Waals surface area contributed by atoms with Crippen molar-refractivity contribution >= 4 is 5.69 Å². The molecule has 0 saturated carbocycles. The molecule has 3 heteroatoms. The van der Waals surface area contributed by atoms with E-state index in [9.17, 15) is 4.39 Å². The normalized spacial score (nSPS) is 12.2. The van der Waals surface area contributed by atoms with Gasteiger partial charge < -0.3 is 5.32 Å². The molecule has 1 aromatic heterocycles. The largest absolute Gasteiger partial charge is 0.378 e. The van der Waals surface area contributed by atoms with Crippen LogP contribution in [0.2, 0.25) is 0 Å². The van der Waals surface area contributed by atoms with E-state index in [1.165, 1.54) is 23.4 Å². The zero-order valence-electron chi connectivity index (χ0n) is 10.9. The van der Waals surface area contributed by atoms with E-state index in [4.69, 9.17) is 0 Å². The van der Waals surface area contributed by atoms with Crippen molar-refractivity contribution in [2.75, 3.05) is 5.32 Å². The van der Waals surface area contributed by atoms with Crippen LogP contribution < -0.4 is 5.32 Å². The molecule has 1 atom stereocenters. The molecule has 1 N–H and O–H groups in total. The molecule has 0 radical (unpaired) electrons. The van der Waals surface area contributed by atoms with Gasteiger partial charge in [-0.05, 0) is 49.6 Å². The Kier molecular flexibility index (Phi) is 3.60. The maximum Gasteiger partial charge on any atom is 0.141 e. The highest BCUT2D eigenvalue weighted by atomic mass is 19.1. The SMILES string of the molecule is Cc1cccc(NC(C)c2cncc(F)c2)c1C. The molecule has 0 aliphatic heterocycles. The molecule has 94 valence electrons. The molecule has 0 saturated heterocycles. The van der Waals surface area contributed by atoms with Crippen molar-refractivity contribution in [2.24, 2.45) is 0 Å². The highest BCUT2D eigenvalue weighted by Gasteiger charge is 2.08. The fraction of sp³-hybridized carbons (Fsp3) is 0.267. The highest BCUT2D eigenvalue weighted by molar-refractivity contribution is 5.54. The standard InChI is InChI=1S/C15H17FN2/c1-10-5-4-6-15(11(10)2)18-12(3)13-7-14(16)9-17-8-13/h4-9,12,18H,1-3H3. The molecule has 1 aromatic carbocycles. The lowest BCUT2D eigenvalue weighted by Gasteiger charge is -2.18. The molecule has 0 aliphatic rings. The third-order valence-electron chi connectivity index (χ3n) is 3.20. The Morgan fingerprint density at radius 2 is 2.00 bits per heavy atom. The smallest absolute Gasteiger partial charge is 0.141 e. The number of rotatable bonds is 3. The number of nitrogens with zero attached hydrogens (tertiary/aromatic N) is 1. The van der Waals surface area contributed by atoms with Gasteiger partial charge in [-0.1, -0.05) is 12.1 Å². The maximum absolute atomic E-state index is 13.1. The summed E-state index contributed by atoms with van der Waals surface area (Å²) in [6.07, 6.45) is 2.90. The van der Waals surface area contributed by atoms with Gasteiger partial charge in [0.2, 0.25) is 0 Å². The first-order valence-electron chi connectivity index (χ1n) is 6.01. The van der Waals surface area contributed by atoms with Crippen LogP contribution in [0.5, 0.6) is 0 Å². The van der Waals surface area contributed by atoms with Gasteiger partial charge in [-0.15, -0.1) is 0 Å². The topological polar surface area (TPSA) is 24.9 Å². The molecule has 0 amide bonds. The Balaban J connectivity index is 2.21. The van der Waals surface area contributed by atoms with Crippen molar-refractivity contribution in [2.45, 2.75) is 26.8 Å². The summed E-state index contributed by atoms with van der Waals surface area (Å²) in [6.45, 7) is 6.15. The Labute approximate surface area is 107 Å². The number of anilines is 1. The van der Waals surface area contributed by atoms with Crippen molar-refractivity contribution in [1.82, 2.24) is 4.98 Å². The fourth-order valence-corrected chi connectivity index (χ4v) is 1.89. The second-order valence-corrected chi connectivity index (χ2v) is 4.55. The van der Waals surface area contributed by atoms with Crippen LogP contribution in [0.4, 0.5) is 10.1 Å². The van der Waals surface area contributed by atoms with Gasteiger partial charge in [-0.25, -0.2) is 4.39 Å². The van der Waals surface area contributed by atoms with Crippen LogP contribution in [0.1, 0.15) is 29.7 Å². The summed E-state index contributed by atoms with van der Waals surface area (Å²) in [7, 11) is 0. The zero-order chi connectivity index (χ0) is 13.1. The van der Waals surface area contributed by atoms with Gasteiger partial charge >= 0.3 is 0 Å². The fourth-order valence-electron chi connectivity index (χ4n) is 1.89. The Hall–Kier alpha value is -1.90. The molecule has 0 spiro atoms. The van der Waals surface area contributed by atoms with Gasteiger partial charge in [0.1, 0.15) is 5.82 Å². The average Bonchev–Trinajstić information content (AvgIpc) is 2.35. The molecule has 18 heavy (non-hydrogen) atoms. The third-order valence-corrected chi connectivity index (χ3v) is 3.20. The van der Waals surface area contributed by atoms with E-state index in [0.717, 1.165) is 11.3 Å². The van der Waals surface area contributed by atoms with E-state index in [2.05, 4.69) is 30.2 Å². The molecule has 2 rings (SSSR count). The van der Waals surface area contributed by atoms with Crippen molar-refractivity contribution in [3.8, 4) is 0 Å². The van der Waals surface area contributed by atoms with Gasteiger partial charge in [0.25, 0.3) is 0 Å². The predicted octanol–water partition coefficient (Wildman–Crippen LogP) is 4.01. The van der Waals surface area contributed by atoms with E-state index < -0.39 is 0 Å².